The second kappa shape index (κ2) is 5.86. The van der Waals surface area contributed by atoms with Crippen LogP contribution in [0.5, 0.6) is 11.5 Å². The summed E-state index contributed by atoms with van der Waals surface area (Å²) < 4.78 is 6.46. The van der Waals surface area contributed by atoms with Gasteiger partial charge in [-0.1, -0.05) is 24.3 Å². The molecule has 98 valence electrons. The average molecular weight is 321 g/mol. The lowest BCUT2D eigenvalue weighted by Crippen LogP contribution is -2.13. The van der Waals surface area contributed by atoms with E-state index in [1.54, 1.807) is 30.3 Å². The van der Waals surface area contributed by atoms with Crippen molar-refractivity contribution in [2.75, 3.05) is 0 Å². The Hall–Kier alpha value is -1.85. The van der Waals surface area contributed by atoms with E-state index in [1.807, 2.05) is 12.1 Å². The minimum absolute atomic E-state index is 0.0797. The lowest BCUT2D eigenvalue weighted by atomic mass is 10.1. The fraction of sp³-hybridized carbons (Fsp3) is 0.0714. The second-order valence-corrected chi connectivity index (χ2v) is 4.75. The smallest absolute Gasteiger partial charge is 0.139 e. The Morgan fingerprint density at radius 1 is 1.16 bits per heavy atom. The normalized spacial score (nSPS) is 10.2. The third-order valence-corrected chi connectivity index (χ3v) is 3.27. The molecule has 19 heavy (non-hydrogen) atoms. The number of hydrogen-bond acceptors (Lipinski definition) is 3. The molecule has 0 fully saturated rings. The lowest BCUT2D eigenvalue weighted by molar-refractivity contribution is 0.276. The standard InChI is InChI=1S/C14H13BrN2O2/c15-10-5-3-7-12(13(10)14(16)17)19-11-6-2-1-4-9(11)8-18/h1-7,18H,8H2,(H3,16,17). The van der Waals surface area contributed by atoms with Crippen molar-refractivity contribution in [1.82, 2.24) is 0 Å². The summed E-state index contributed by atoms with van der Waals surface area (Å²) >= 11 is 3.35. The van der Waals surface area contributed by atoms with E-state index >= 15 is 0 Å². The summed E-state index contributed by atoms with van der Waals surface area (Å²) in [5.74, 6) is 0.942. The molecule has 0 saturated heterocycles. The predicted molar refractivity (Wildman–Crippen MR) is 77.6 cm³/mol. The Labute approximate surface area is 119 Å². The summed E-state index contributed by atoms with van der Waals surface area (Å²) in [7, 11) is 0. The first kappa shape index (κ1) is 13.6. The molecule has 0 amide bonds. The minimum atomic E-state index is -0.112. The molecule has 0 radical (unpaired) electrons. The summed E-state index contributed by atoms with van der Waals surface area (Å²) in [5.41, 5.74) is 6.74. The number of halogens is 1. The molecular weight excluding hydrogens is 308 g/mol. The van der Waals surface area contributed by atoms with Gasteiger partial charge in [0.05, 0.1) is 12.2 Å². The second-order valence-electron chi connectivity index (χ2n) is 3.89. The maximum atomic E-state index is 9.27. The number of aliphatic hydroxyl groups is 1. The van der Waals surface area contributed by atoms with Crippen LogP contribution in [0.25, 0.3) is 0 Å². The van der Waals surface area contributed by atoms with E-state index in [4.69, 9.17) is 15.9 Å². The van der Waals surface area contributed by atoms with E-state index in [2.05, 4.69) is 15.9 Å². The van der Waals surface area contributed by atoms with Crippen LogP contribution in [-0.2, 0) is 6.61 Å². The molecule has 0 spiro atoms. The van der Waals surface area contributed by atoms with Crippen LogP contribution in [0.4, 0.5) is 0 Å². The molecule has 4 nitrogen and oxygen atoms in total. The van der Waals surface area contributed by atoms with Crippen molar-refractivity contribution in [3.63, 3.8) is 0 Å². The number of rotatable bonds is 4. The van der Waals surface area contributed by atoms with Crippen LogP contribution in [-0.4, -0.2) is 10.9 Å². The molecule has 0 unspecified atom stereocenters. The molecule has 5 heteroatoms. The van der Waals surface area contributed by atoms with E-state index in [0.717, 1.165) is 0 Å². The van der Waals surface area contributed by atoms with Gasteiger partial charge in [0.2, 0.25) is 0 Å². The average Bonchev–Trinajstić information content (AvgIpc) is 2.39. The summed E-state index contributed by atoms with van der Waals surface area (Å²) in [5, 5.41) is 16.9. The summed E-state index contributed by atoms with van der Waals surface area (Å²) in [4.78, 5) is 0. The number of nitrogens with one attached hydrogen (secondary N) is 1. The Balaban J connectivity index is 2.44. The highest BCUT2D eigenvalue weighted by molar-refractivity contribution is 9.10. The zero-order chi connectivity index (χ0) is 13.8. The van der Waals surface area contributed by atoms with Crippen LogP contribution in [0.15, 0.2) is 46.9 Å². The van der Waals surface area contributed by atoms with Gasteiger partial charge >= 0.3 is 0 Å². The molecule has 0 atom stereocenters. The van der Waals surface area contributed by atoms with Crippen LogP contribution in [0.2, 0.25) is 0 Å². The van der Waals surface area contributed by atoms with E-state index < -0.39 is 0 Å². The molecule has 2 aromatic rings. The first-order valence-electron chi connectivity index (χ1n) is 5.63. The highest BCUT2D eigenvalue weighted by Gasteiger charge is 2.12. The highest BCUT2D eigenvalue weighted by atomic mass is 79.9. The van der Waals surface area contributed by atoms with Crippen molar-refractivity contribution in [3.8, 4) is 11.5 Å². The summed E-state index contributed by atoms with van der Waals surface area (Å²) in [6.45, 7) is -0.112. The molecular formula is C14H13BrN2O2. The van der Waals surface area contributed by atoms with E-state index in [-0.39, 0.29) is 12.4 Å². The molecule has 0 saturated carbocycles. The van der Waals surface area contributed by atoms with Crippen molar-refractivity contribution in [1.29, 1.82) is 5.41 Å². The van der Waals surface area contributed by atoms with Gasteiger partial charge < -0.3 is 15.6 Å². The third-order valence-electron chi connectivity index (χ3n) is 2.61. The van der Waals surface area contributed by atoms with Gasteiger partial charge in [-0.25, -0.2) is 0 Å². The molecule has 0 aromatic heterocycles. The summed E-state index contributed by atoms with van der Waals surface area (Å²) in [6.07, 6.45) is 0. The predicted octanol–water partition coefficient (Wildman–Crippen LogP) is 3.02. The molecule has 0 aliphatic rings. The fourth-order valence-corrected chi connectivity index (χ4v) is 2.26. The van der Waals surface area contributed by atoms with Gasteiger partial charge in [0.15, 0.2) is 0 Å². The number of ether oxygens (including phenoxy) is 1. The third kappa shape index (κ3) is 2.94. The van der Waals surface area contributed by atoms with Gasteiger partial charge in [0.1, 0.15) is 17.3 Å². The molecule has 2 aromatic carbocycles. The Bertz CT molecular complexity index is 614. The van der Waals surface area contributed by atoms with Crippen molar-refractivity contribution < 1.29 is 9.84 Å². The number of amidine groups is 1. The van der Waals surface area contributed by atoms with E-state index in [1.165, 1.54) is 0 Å². The van der Waals surface area contributed by atoms with Crippen molar-refractivity contribution in [3.05, 3.63) is 58.1 Å². The van der Waals surface area contributed by atoms with Gasteiger partial charge in [-0.15, -0.1) is 0 Å². The fourth-order valence-electron chi connectivity index (χ4n) is 1.70. The van der Waals surface area contributed by atoms with Crippen molar-refractivity contribution in [2.45, 2.75) is 6.61 Å². The first-order chi connectivity index (χ1) is 9.13. The number of aliphatic hydroxyl groups excluding tert-OH is 1. The molecule has 0 aliphatic heterocycles. The van der Waals surface area contributed by atoms with Gasteiger partial charge in [0.25, 0.3) is 0 Å². The van der Waals surface area contributed by atoms with E-state index in [0.29, 0.717) is 27.1 Å². The van der Waals surface area contributed by atoms with Crippen LogP contribution in [0.3, 0.4) is 0 Å². The number of hydrogen-bond donors (Lipinski definition) is 3. The number of nitrogen functional groups attached to an aromatic ring is 1. The Morgan fingerprint density at radius 2 is 1.84 bits per heavy atom. The van der Waals surface area contributed by atoms with E-state index in [9.17, 15) is 5.11 Å². The van der Waals surface area contributed by atoms with Crippen LogP contribution < -0.4 is 10.5 Å². The molecule has 2 rings (SSSR count). The van der Waals surface area contributed by atoms with Gasteiger partial charge in [-0.2, -0.15) is 0 Å². The molecule has 4 N–H and O–H groups in total. The Morgan fingerprint density at radius 3 is 2.53 bits per heavy atom. The zero-order valence-corrected chi connectivity index (χ0v) is 11.6. The summed E-state index contributed by atoms with van der Waals surface area (Å²) in [6, 6.07) is 12.5. The van der Waals surface area contributed by atoms with Crippen molar-refractivity contribution in [2.24, 2.45) is 5.73 Å². The van der Waals surface area contributed by atoms with Crippen LogP contribution in [0.1, 0.15) is 11.1 Å². The largest absolute Gasteiger partial charge is 0.456 e. The topological polar surface area (TPSA) is 79.3 Å². The first-order valence-corrected chi connectivity index (χ1v) is 6.42. The monoisotopic (exact) mass is 320 g/mol. The van der Waals surface area contributed by atoms with Gasteiger partial charge in [-0.3, -0.25) is 5.41 Å². The lowest BCUT2D eigenvalue weighted by Gasteiger charge is -2.13. The molecule has 0 aliphatic carbocycles. The quantitative estimate of drug-likeness (QED) is 0.598. The van der Waals surface area contributed by atoms with Crippen LogP contribution >= 0.6 is 15.9 Å². The molecule has 0 bridgehead atoms. The van der Waals surface area contributed by atoms with Crippen LogP contribution in [0, 0.1) is 5.41 Å². The van der Waals surface area contributed by atoms with Gasteiger partial charge in [0, 0.05) is 10.0 Å². The van der Waals surface area contributed by atoms with Gasteiger partial charge in [-0.05, 0) is 34.1 Å². The van der Waals surface area contributed by atoms with Crippen molar-refractivity contribution >= 4 is 21.8 Å². The number of nitrogens with two attached hydrogens (primary N) is 1. The Kier molecular flexibility index (Phi) is 4.19. The zero-order valence-electron chi connectivity index (χ0n) is 10.1. The minimum Gasteiger partial charge on any atom is -0.456 e. The highest BCUT2D eigenvalue weighted by Crippen LogP contribution is 2.31. The SMILES string of the molecule is N=C(N)c1c(Br)cccc1Oc1ccccc1CO. The number of benzene rings is 2. The molecule has 0 heterocycles. The maximum Gasteiger partial charge on any atom is 0.139 e. The number of para-hydroxylation sites is 1. The maximum absolute atomic E-state index is 9.27.